The van der Waals surface area contributed by atoms with Crippen molar-refractivity contribution in [3.63, 3.8) is 0 Å². The monoisotopic (exact) mass is 344 g/mol. The Balaban J connectivity index is 1.80. The van der Waals surface area contributed by atoms with Gasteiger partial charge in [0.1, 0.15) is 5.69 Å². The lowest BCUT2D eigenvalue weighted by molar-refractivity contribution is -0.141. The van der Waals surface area contributed by atoms with Crippen LogP contribution in [0.2, 0.25) is 0 Å². The molecule has 8 heteroatoms. The molecule has 1 aliphatic rings. The summed E-state index contributed by atoms with van der Waals surface area (Å²) >= 11 is 0. The number of anilines is 1. The molecule has 1 amide bonds. The zero-order valence-corrected chi connectivity index (χ0v) is 13.7. The molecule has 1 aromatic rings. The van der Waals surface area contributed by atoms with Crippen LogP contribution in [-0.4, -0.2) is 48.0 Å². The molecule has 0 aromatic carbocycles. The molecule has 0 aliphatic carbocycles. The van der Waals surface area contributed by atoms with E-state index in [1.807, 2.05) is 6.92 Å². The summed E-state index contributed by atoms with van der Waals surface area (Å²) in [5, 5.41) is 5.98. The molecule has 0 saturated carbocycles. The summed E-state index contributed by atoms with van der Waals surface area (Å²) in [4.78, 5) is 17.1. The van der Waals surface area contributed by atoms with Gasteiger partial charge in [-0.2, -0.15) is 13.2 Å². The second-order valence-corrected chi connectivity index (χ2v) is 5.97. The predicted octanol–water partition coefficient (Wildman–Crippen LogP) is 2.50. The average molecular weight is 344 g/mol. The van der Waals surface area contributed by atoms with Gasteiger partial charge in [0.2, 0.25) is 5.91 Å². The Hall–Kier alpha value is -1.83. The van der Waals surface area contributed by atoms with Crippen molar-refractivity contribution in [2.45, 2.75) is 38.4 Å². The van der Waals surface area contributed by atoms with Crippen molar-refractivity contribution in [3.8, 4) is 0 Å². The number of pyridine rings is 1. The fraction of sp³-hybridized carbons (Fsp3) is 0.625. The van der Waals surface area contributed by atoms with E-state index in [1.165, 1.54) is 6.20 Å². The van der Waals surface area contributed by atoms with Crippen molar-refractivity contribution >= 4 is 11.6 Å². The Morgan fingerprint density at radius 1 is 1.38 bits per heavy atom. The normalized spacial score (nSPS) is 16.8. The van der Waals surface area contributed by atoms with Gasteiger partial charge in [0.15, 0.2) is 0 Å². The summed E-state index contributed by atoms with van der Waals surface area (Å²) in [5.74, 6) is 0.0206. The Morgan fingerprint density at radius 3 is 2.71 bits per heavy atom. The number of aromatic nitrogens is 1. The van der Waals surface area contributed by atoms with E-state index in [1.54, 1.807) is 6.07 Å². The third-order valence-corrected chi connectivity index (χ3v) is 3.95. The SMILES string of the molecule is CCCNC(=O)CN1CCC(Nc2ccnc(C(F)(F)F)c2)CC1. The van der Waals surface area contributed by atoms with Crippen LogP contribution in [0.15, 0.2) is 18.3 Å². The van der Waals surface area contributed by atoms with Gasteiger partial charge in [-0.1, -0.05) is 6.92 Å². The molecular weight excluding hydrogens is 321 g/mol. The molecule has 24 heavy (non-hydrogen) atoms. The third kappa shape index (κ3) is 5.67. The molecule has 2 rings (SSSR count). The number of piperidine rings is 1. The maximum absolute atomic E-state index is 12.7. The number of carbonyl (C=O) groups excluding carboxylic acids is 1. The minimum Gasteiger partial charge on any atom is -0.382 e. The molecule has 134 valence electrons. The summed E-state index contributed by atoms with van der Waals surface area (Å²) < 4.78 is 38.0. The van der Waals surface area contributed by atoms with Crippen LogP contribution in [-0.2, 0) is 11.0 Å². The minimum absolute atomic E-state index is 0.0206. The number of alkyl halides is 3. The van der Waals surface area contributed by atoms with E-state index < -0.39 is 11.9 Å². The van der Waals surface area contributed by atoms with E-state index in [0.717, 1.165) is 38.4 Å². The Morgan fingerprint density at radius 2 is 2.08 bits per heavy atom. The predicted molar refractivity (Wildman–Crippen MR) is 85.6 cm³/mol. The topological polar surface area (TPSA) is 57.3 Å². The van der Waals surface area contributed by atoms with Gasteiger partial charge in [0, 0.05) is 37.6 Å². The van der Waals surface area contributed by atoms with Crippen molar-refractivity contribution in [1.82, 2.24) is 15.2 Å². The molecule has 0 atom stereocenters. The highest BCUT2D eigenvalue weighted by atomic mass is 19.4. The fourth-order valence-corrected chi connectivity index (χ4v) is 2.67. The van der Waals surface area contributed by atoms with E-state index in [9.17, 15) is 18.0 Å². The lowest BCUT2D eigenvalue weighted by Crippen LogP contribution is -2.44. The highest BCUT2D eigenvalue weighted by Gasteiger charge is 2.32. The third-order valence-electron chi connectivity index (χ3n) is 3.95. The van der Waals surface area contributed by atoms with Gasteiger partial charge in [0.05, 0.1) is 6.54 Å². The smallest absolute Gasteiger partial charge is 0.382 e. The molecular formula is C16H23F3N4O. The van der Waals surface area contributed by atoms with E-state index in [-0.39, 0.29) is 11.9 Å². The zero-order valence-electron chi connectivity index (χ0n) is 13.7. The van der Waals surface area contributed by atoms with Crippen molar-refractivity contribution in [2.24, 2.45) is 0 Å². The van der Waals surface area contributed by atoms with Gasteiger partial charge in [-0.05, 0) is 31.4 Å². The number of rotatable bonds is 6. The van der Waals surface area contributed by atoms with Crippen LogP contribution in [0, 0.1) is 0 Å². The number of amides is 1. The minimum atomic E-state index is -4.44. The van der Waals surface area contributed by atoms with Crippen LogP contribution in [0.4, 0.5) is 18.9 Å². The van der Waals surface area contributed by atoms with Crippen LogP contribution >= 0.6 is 0 Å². The highest BCUT2D eigenvalue weighted by Crippen LogP contribution is 2.29. The second-order valence-electron chi connectivity index (χ2n) is 5.97. The molecule has 0 bridgehead atoms. The van der Waals surface area contributed by atoms with Crippen LogP contribution in [0.5, 0.6) is 0 Å². The van der Waals surface area contributed by atoms with Gasteiger partial charge in [-0.3, -0.25) is 14.7 Å². The molecule has 1 fully saturated rings. The Kier molecular flexibility index (Phi) is 6.42. The highest BCUT2D eigenvalue weighted by molar-refractivity contribution is 5.77. The standard InChI is InChI=1S/C16H23F3N4O/c1-2-6-21-15(24)11-23-8-4-12(5-9-23)22-13-3-7-20-14(10-13)16(17,18)19/h3,7,10,12H,2,4-6,8-9,11H2,1H3,(H,20,22)(H,21,24). The van der Waals surface area contributed by atoms with Gasteiger partial charge < -0.3 is 10.6 Å². The average Bonchev–Trinajstić information content (AvgIpc) is 2.54. The number of carbonyl (C=O) groups is 1. The van der Waals surface area contributed by atoms with Crippen LogP contribution < -0.4 is 10.6 Å². The second kappa shape index (κ2) is 8.32. The summed E-state index contributed by atoms with van der Waals surface area (Å²) in [7, 11) is 0. The first-order valence-electron chi connectivity index (χ1n) is 8.17. The van der Waals surface area contributed by atoms with Crippen molar-refractivity contribution in [3.05, 3.63) is 24.0 Å². The van der Waals surface area contributed by atoms with Gasteiger partial charge >= 0.3 is 6.18 Å². The van der Waals surface area contributed by atoms with Gasteiger partial charge in [0.25, 0.3) is 0 Å². The molecule has 2 heterocycles. The number of likely N-dealkylation sites (tertiary alicyclic amines) is 1. The van der Waals surface area contributed by atoms with Crippen LogP contribution in [0.3, 0.4) is 0 Å². The zero-order chi connectivity index (χ0) is 17.6. The van der Waals surface area contributed by atoms with E-state index in [4.69, 9.17) is 0 Å². The number of hydrogen-bond acceptors (Lipinski definition) is 4. The summed E-state index contributed by atoms with van der Waals surface area (Å²) in [6.45, 7) is 4.55. The Bertz CT molecular complexity index is 542. The molecule has 1 aromatic heterocycles. The molecule has 0 spiro atoms. The molecule has 0 radical (unpaired) electrons. The van der Waals surface area contributed by atoms with Crippen molar-refractivity contribution in [2.75, 3.05) is 31.5 Å². The molecule has 1 saturated heterocycles. The first-order valence-corrected chi connectivity index (χ1v) is 8.17. The fourth-order valence-electron chi connectivity index (χ4n) is 2.67. The number of nitrogens with zero attached hydrogens (tertiary/aromatic N) is 2. The molecule has 2 N–H and O–H groups in total. The van der Waals surface area contributed by atoms with Crippen molar-refractivity contribution < 1.29 is 18.0 Å². The first kappa shape index (κ1) is 18.5. The van der Waals surface area contributed by atoms with Gasteiger partial charge in [-0.15, -0.1) is 0 Å². The van der Waals surface area contributed by atoms with E-state index in [0.29, 0.717) is 18.8 Å². The first-order chi connectivity index (χ1) is 11.4. The quantitative estimate of drug-likeness (QED) is 0.833. The van der Waals surface area contributed by atoms with E-state index in [2.05, 4.69) is 20.5 Å². The molecule has 1 aliphatic heterocycles. The Labute approximate surface area is 139 Å². The van der Waals surface area contributed by atoms with Crippen molar-refractivity contribution in [1.29, 1.82) is 0 Å². The largest absolute Gasteiger partial charge is 0.433 e. The lowest BCUT2D eigenvalue weighted by Gasteiger charge is -2.32. The summed E-state index contributed by atoms with van der Waals surface area (Å²) in [6.07, 6.45) is -0.801. The summed E-state index contributed by atoms with van der Waals surface area (Å²) in [5.41, 5.74) is -0.464. The number of hydrogen-bond donors (Lipinski definition) is 2. The molecule has 5 nitrogen and oxygen atoms in total. The number of nitrogens with one attached hydrogen (secondary N) is 2. The van der Waals surface area contributed by atoms with E-state index >= 15 is 0 Å². The van der Waals surface area contributed by atoms with Crippen LogP contribution in [0.1, 0.15) is 31.9 Å². The maximum Gasteiger partial charge on any atom is 0.433 e. The number of halogens is 3. The lowest BCUT2D eigenvalue weighted by atomic mass is 10.0. The van der Waals surface area contributed by atoms with Crippen LogP contribution in [0.25, 0.3) is 0 Å². The molecule has 0 unspecified atom stereocenters. The maximum atomic E-state index is 12.7. The van der Waals surface area contributed by atoms with Gasteiger partial charge in [-0.25, -0.2) is 0 Å². The summed E-state index contributed by atoms with van der Waals surface area (Å²) in [6, 6.07) is 2.67.